The summed E-state index contributed by atoms with van der Waals surface area (Å²) >= 11 is 0. The molecule has 2 heteroatoms. The van der Waals surface area contributed by atoms with E-state index in [2.05, 4.69) is 35.7 Å². The molecule has 0 amide bonds. The van der Waals surface area contributed by atoms with Gasteiger partial charge < -0.3 is 10.6 Å². The molecule has 1 saturated heterocycles. The summed E-state index contributed by atoms with van der Waals surface area (Å²) in [5, 5.41) is 0. The molecule has 2 rings (SSSR count). The maximum Gasteiger partial charge on any atom is 0.0366 e. The number of hydrogen-bond donors (Lipinski definition) is 1. The Morgan fingerprint density at radius 3 is 2.44 bits per heavy atom. The van der Waals surface area contributed by atoms with E-state index in [1.165, 1.54) is 37.2 Å². The third-order valence-corrected chi connectivity index (χ3v) is 3.21. The quantitative estimate of drug-likeness (QED) is 0.784. The minimum atomic E-state index is 0.0881. The Bertz CT molecular complexity index is 336. The Balaban J connectivity index is 2.06. The molecule has 0 aliphatic carbocycles. The largest absolute Gasteiger partial charge is 0.372 e. The Labute approximate surface area is 97.8 Å². The average molecular weight is 216 g/mol. The average Bonchev–Trinajstić information content (AvgIpc) is 2.83. The van der Waals surface area contributed by atoms with Crippen LogP contribution < -0.4 is 10.6 Å². The second kappa shape index (κ2) is 5.17. The fourth-order valence-electron chi connectivity index (χ4n) is 2.22. The highest BCUT2D eigenvalue weighted by atomic mass is 15.1. The standard InChI is InChI=1S/C14H20N2/c1-2-5-14(15)12-6-8-13(9-7-12)16-10-3-4-11-16/h2,6-9,14H,1,3-5,10-11,15H2/t14-/m0/s1. The molecule has 0 saturated carbocycles. The second-order valence-corrected chi connectivity index (χ2v) is 4.42. The molecule has 1 aromatic rings. The zero-order valence-corrected chi connectivity index (χ0v) is 9.73. The highest BCUT2D eigenvalue weighted by Crippen LogP contribution is 2.22. The Morgan fingerprint density at radius 2 is 1.88 bits per heavy atom. The first-order valence-corrected chi connectivity index (χ1v) is 6.02. The van der Waals surface area contributed by atoms with Crippen molar-refractivity contribution in [2.24, 2.45) is 5.73 Å². The summed E-state index contributed by atoms with van der Waals surface area (Å²) in [6.45, 7) is 6.10. The molecule has 1 aliphatic heterocycles. The second-order valence-electron chi connectivity index (χ2n) is 4.42. The third-order valence-electron chi connectivity index (χ3n) is 3.21. The summed E-state index contributed by atoms with van der Waals surface area (Å²) in [5.41, 5.74) is 8.55. The van der Waals surface area contributed by atoms with Crippen LogP contribution in [0.5, 0.6) is 0 Å². The van der Waals surface area contributed by atoms with Crippen LogP contribution >= 0.6 is 0 Å². The van der Waals surface area contributed by atoms with Gasteiger partial charge in [-0.2, -0.15) is 0 Å². The number of anilines is 1. The summed E-state index contributed by atoms with van der Waals surface area (Å²) in [5.74, 6) is 0. The van der Waals surface area contributed by atoms with E-state index in [0.717, 1.165) is 6.42 Å². The number of nitrogens with zero attached hydrogens (tertiary/aromatic N) is 1. The fraction of sp³-hybridized carbons (Fsp3) is 0.429. The van der Waals surface area contributed by atoms with Crippen LogP contribution in [0.3, 0.4) is 0 Å². The van der Waals surface area contributed by atoms with Gasteiger partial charge in [0.1, 0.15) is 0 Å². The van der Waals surface area contributed by atoms with Crippen LogP contribution in [-0.4, -0.2) is 13.1 Å². The summed E-state index contributed by atoms with van der Waals surface area (Å²) in [4.78, 5) is 2.43. The third kappa shape index (κ3) is 2.45. The molecule has 16 heavy (non-hydrogen) atoms. The van der Waals surface area contributed by atoms with Gasteiger partial charge in [-0.3, -0.25) is 0 Å². The maximum atomic E-state index is 6.02. The van der Waals surface area contributed by atoms with E-state index < -0.39 is 0 Å². The minimum Gasteiger partial charge on any atom is -0.372 e. The molecule has 1 atom stereocenters. The van der Waals surface area contributed by atoms with E-state index in [1.54, 1.807) is 0 Å². The molecule has 0 bridgehead atoms. The molecule has 2 nitrogen and oxygen atoms in total. The SMILES string of the molecule is C=CC[C@H](N)c1ccc(N2CCCC2)cc1. The van der Waals surface area contributed by atoms with Crippen molar-refractivity contribution < 1.29 is 0 Å². The summed E-state index contributed by atoms with van der Waals surface area (Å²) < 4.78 is 0. The lowest BCUT2D eigenvalue weighted by atomic mass is 10.0. The predicted molar refractivity (Wildman–Crippen MR) is 69.6 cm³/mol. The van der Waals surface area contributed by atoms with E-state index in [4.69, 9.17) is 5.73 Å². The van der Waals surface area contributed by atoms with Crippen molar-refractivity contribution in [1.29, 1.82) is 0 Å². The molecule has 0 unspecified atom stereocenters. The minimum absolute atomic E-state index is 0.0881. The van der Waals surface area contributed by atoms with E-state index in [-0.39, 0.29) is 6.04 Å². The zero-order valence-electron chi connectivity index (χ0n) is 9.73. The van der Waals surface area contributed by atoms with Gasteiger partial charge >= 0.3 is 0 Å². The van der Waals surface area contributed by atoms with Gasteiger partial charge in [-0.15, -0.1) is 6.58 Å². The molecule has 1 fully saturated rings. The molecule has 1 aromatic carbocycles. The first-order chi connectivity index (χ1) is 7.81. The van der Waals surface area contributed by atoms with Crippen molar-refractivity contribution in [1.82, 2.24) is 0 Å². The fourth-order valence-corrected chi connectivity index (χ4v) is 2.22. The molecule has 0 radical (unpaired) electrons. The number of benzene rings is 1. The first-order valence-electron chi connectivity index (χ1n) is 6.02. The van der Waals surface area contributed by atoms with Crippen molar-refractivity contribution >= 4 is 5.69 Å². The molecular formula is C14H20N2. The highest BCUT2D eigenvalue weighted by Gasteiger charge is 2.12. The van der Waals surface area contributed by atoms with Gasteiger partial charge in [0.2, 0.25) is 0 Å². The Hall–Kier alpha value is -1.28. The summed E-state index contributed by atoms with van der Waals surface area (Å²) in [6.07, 6.45) is 5.34. The number of nitrogens with two attached hydrogens (primary N) is 1. The lowest BCUT2D eigenvalue weighted by molar-refractivity contribution is 0.741. The molecule has 86 valence electrons. The van der Waals surface area contributed by atoms with E-state index in [9.17, 15) is 0 Å². The van der Waals surface area contributed by atoms with Crippen LogP contribution in [0.15, 0.2) is 36.9 Å². The van der Waals surface area contributed by atoms with Crippen LogP contribution in [0.4, 0.5) is 5.69 Å². The topological polar surface area (TPSA) is 29.3 Å². The molecular weight excluding hydrogens is 196 g/mol. The first kappa shape index (κ1) is 11.2. The number of hydrogen-bond acceptors (Lipinski definition) is 2. The normalized spacial score (nSPS) is 17.4. The van der Waals surface area contributed by atoms with Crippen molar-refractivity contribution in [2.45, 2.75) is 25.3 Å². The lowest BCUT2D eigenvalue weighted by Crippen LogP contribution is -2.17. The van der Waals surface area contributed by atoms with Gasteiger partial charge in [-0.25, -0.2) is 0 Å². The molecule has 0 aromatic heterocycles. The zero-order chi connectivity index (χ0) is 11.4. The van der Waals surface area contributed by atoms with Crippen molar-refractivity contribution in [2.75, 3.05) is 18.0 Å². The Morgan fingerprint density at radius 1 is 1.25 bits per heavy atom. The van der Waals surface area contributed by atoms with Crippen molar-refractivity contribution in [3.63, 3.8) is 0 Å². The van der Waals surface area contributed by atoms with E-state index in [0.29, 0.717) is 0 Å². The lowest BCUT2D eigenvalue weighted by Gasteiger charge is -2.18. The molecule has 2 N–H and O–H groups in total. The van der Waals surface area contributed by atoms with Gasteiger partial charge in [-0.05, 0) is 37.0 Å². The highest BCUT2D eigenvalue weighted by molar-refractivity contribution is 5.48. The molecule has 1 aliphatic rings. The van der Waals surface area contributed by atoms with Crippen LogP contribution in [0.2, 0.25) is 0 Å². The van der Waals surface area contributed by atoms with Crippen molar-refractivity contribution in [3.8, 4) is 0 Å². The van der Waals surface area contributed by atoms with E-state index >= 15 is 0 Å². The van der Waals surface area contributed by atoms with Gasteiger partial charge in [-0.1, -0.05) is 18.2 Å². The van der Waals surface area contributed by atoms with E-state index in [1.807, 2.05) is 6.08 Å². The molecule has 0 spiro atoms. The van der Waals surface area contributed by atoms with Gasteiger partial charge in [0, 0.05) is 24.8 Å². The summed E-state index contributed by atoms with van der Waals surface area (Å²) in [6, 6.07) is 8.74. The number of rotatable bonds is 4. The van der Waals surface area contributed by atoms with Crippen LogP contribution in [0.25, 0.3) is 0 Å². The maximum absolute atomic E-state index is 6.02. The molecule has 1 heterocycles. The summed E-state index contributed by atoms with van der Waals surface area (Å²) in [7, 11) is 0. The van der Waals surface area contributed by atoms with Crippen LogP contribution in [0, 0.1) is 0 Å². The van der Waals surface area contributed by atoms with Gasteiger partial charge in [0.05, 0.1) is 0 Å². The van der Waals surface area contributed by atoms with Crippen LogP contribution in [0.1, 0.15) is 30.9 Å². The van der Waals surface area contributed by atoms with Crippen molar-refractivity contribution in [3.05, 3.63) is 42.5 Å². The Kier molecular flexibility index (Phi) is 3.62. The van der Waals surface area contributed by atoms with Gasteiger partial charge in [0.25, 0.3) is 0 Å². The predicted octanol–water partition coefficient (Wildman–Crippen LogP) is 2.86. The van der Waals surface area contributed by atoms with Gasteiger partial charge in [0.15, 0.2) is 0 Å². The van der Waals surface area contributed by atoms with Crippen LogP contribution in [-0.2, 0) is 0 Å². The monoisotopic (exact) mass is 216 g/mol. The smallest absolute Gasteiger partial charge is 0.0366 e.